The fraction of sp³-hybridized carbons (Fsp3) is 0.333. The molecule has 4 aromatic rings. The zero-order valence-corrected chi connectivity index (χ0v) is 19.8. The number of likely N-dealkylation sites (tertiary alicyclic amines) is 1. The molecule has 1 saturated heterocycles. The third kappa shape index (κ3) is 4.41. The largest absolute Gasteiger partial charge is 0.349 e. The van der Waals surface area contributed by atoms with E-state index in [0.717, 1.165) is 34.8 Å². The highest BCUT2D eigenvalue weighted by atomic mass is 32.1. The van der Waals surface area contributed by atoms with Crippen molar-refractivity contribution in [2.75, 3.05) is 6.54 Å². The number of amides is 2. The van der Waals surface area contributed by atoms with Gasteiger partial charge >= 0.3 is 0 Å². The van der Waals surface area contributed by atoms with Crippen molar-refractivity contribution in [3.05, 3.63) is 64.8 Å². The lowest BCUT2D eigenvalue weighted by Crippen LogP contribution is -2.51. The summed E-state index contributed by atoms with van der Waals surface area (Å²) >= 11 is 1.51. The second kappa shape index (κ2) is 9.30. The van der Waals surface area contributed by atoms with Gasteiger partial charge in [-0.1, -0.05) is 0 Å². The van der Waals surface area contributed by atoms with Gasteiger partial charge in [0.25, 0.3) is 5.91 Å². The molecule has 1 aliphatic rings. The Morgan fingerprint density at radius 2 is 2.12 bits per heavy atom. The highest BCUT2D eigenvalue weighted by molar-refractivity contribution is 7.09. The zero-order chi connectivity index (χ0) is 23.7. The van der Waals surface area contributed by atoms with Gasteiger partial charge in [0.15, 0.2) is 0 Å². The van der Waals surface area contributed by atoms with Gasteiger partial charge in [0.1, 0.15) is 10.7 Å². The second-order valence-corrected chi connectivity index (χ2v) is 9.42. The van der Waals surface area contributed by atoms with Crippen LogP contribution in [0.1, 0.15) is 41.0 Å². The topological polar surface area (TPSA) is 105 Å². The Morgan fingerprint density at radius 3 is 2.91 bits per heavy atom. The lowest BCUT2D eigenvalue weighted by Gasteiger charge is -2.38. The number of fused-ring (bicyclic) bond motifs is 1. The molecule has 5 heterocycles. The van der Waals surface area contributed by atoms with Crippen molar-refractivity contribution >= 4 is 28.9 Å². The molecule has 9 nitrogen and oxygen atoms in total. The maximum Gasteiger partial charge on any atom is 0.274 e. The third-order valence-corrected chi connectivity index (χ3v) is 7.06. The minimum Gasteiger partial charge on any atom is -0.349 e. The van der Waals surface area contributed by atoms with Crippen molar-refractivity contribution in [2.24, 2.45) is 5.92 Å². The number of hydrogen-bond donors (Lipinski definition) is 1. The molecule has 34 heavy (non-hydrogen) atoms. The Bertz CT molecular complexity index is 1300. The number of imidazole rings is 1. The first-order valence-electron chi connectivity index (χ1n) is 11.3. The predicted octanol–water partition coefficient (Wildman–Crippen LogP) is 3.11. The van der Waals surface area contributed by atoms with Gasteiger partial charge in [-0.05, 0) is 44.9 Å². The molecule has 4 aromatic heterocycles. The van der Waals surface area contributed by atoms with E-state index in [4.69, 9.17) is 0 Å². The predicted molar refractivity (Wildman–Crippen MR) is 128 cm³/mol. The Balaban J connectivity index is 1.22. The van der Waals surface area contributed by atoms with Crippen molar-refractivity contribution in [1.82, 2.24) is 34.6 Å². The van der Waals surface area contributed by atoms with E-state index in [2.05, 4.69) is 25.3 Å². The monoisotopic (exact) mass is 475 g/mol. The summed E-state index contributed by atoms with van der Waals surface area (Å²) in [5.74, 6) is -0.0372. The van der Waals surface area contributed by atoms with E-state index in [1.54, 1.807) is 40.2 Å². The number of hydrogen-bond acceptors (Lipinski definition) is 7. The molecule has 2 atom stereocenters. The quantitative estimate of drug-likeness (QED) is 0.476. The molecule has 10 heteroatoms. The summed E-state index contributed by atoms with van der Waals surface area (Å²) in [6.45, 7) is 4.84. The summed E-state index contributed by atoms with van der Waals surface area (Å²) in [6.07, 6.45) is 8.44. The number of aromatic nitrogens is 5. The minimum atomic E-state index is -0.284. The van der Waals surface area contributed by atoms with Crippen LogP contribution in [-0.2, 0) is 11.3 Å². The summed E-state index contributed by atoms with van der Waals surface area (Å²) in [6, 6.07) is 5.50. The van der Waals surface area contributed by atoms with Crippen molar-refractivity contribution in [3.8, 4) is 11.3 Å². The van der Waals surface area contributed by atoms with E-state index in [-0.39, 0.29) is 23.8 Å². The van der Waals surface area contributed by atoms with Crippen LogP contribution in [0, 0.1) is 12.8 Å². The van der Waals surface area contributed by atoms with Crippen LogP contribution in [0.2, 0.25) is 0 Å². The number of carbonyl (C=O) groups is 2. The maximum absolute atomic E-state index is 13.2. The Hall–Kier alpha value is -3.66. The van der Waals surface area contributed by atoms with Crippen LogP contribution in [0.3, 0.4) is 0 Å². The summed E-state index contributed by atoms with van der Waals surface area (Å²) in [5, 5.41) is 5.82. The molecule has 5 rings (SSSR count). The van der Waals surface area contributed by atoms with Crippen molar-refractivity contribution in [2.45, 2.75) is 39.3 Å². The number of nitrogens with one attached hydrogen (secondary N) is 1. The minimum absolute atomic E-state index is 0.0598. The average molecular weight is 476 g/mol. The molecule has 0 spiro atoms. The average Bonchev–Trinajstić information content (AvgIpc) is 3.50. The first-order valence-corrected chi connectivity index (χ1v) is 12.1. The molecule has 0 saturated carbocycles. The molecule has 1 fully saturated rings. The van der Waals surface area contributed by atoms with E-state index in [0.29, 0.717) is 24.6 Å². The lowest BCUT2D eigenvalue weighted by atomic mass is 9.89. The number of piperidine rings is 1. The maximum atomic E-state index is 13.2. The summed E-state index contributed by atoms with van der Waals surface area (Å²) in [5.41, 5.74) is 3.11. The Kier molecular flexibility index (Phi) is 6.06. The molecule has 174 valence electrons. The van der Waals surface area contributed by atoms with Crippen LogP contribution < -0.4 is 5.32 Å². The van der Waals surface area contributed by atoms with Crippen LogP contribution >= 0.6 is 11.3 Å². The summed E-state index contributed by atoms with van der Waals surface area (Å²) in [7, 11) is 0. The molecule has 0 bridgehead atoms. The molecular formula is C24H25N7O2S. The van der Waals surface area contributed by atoms with Gasteiger partial charge in [0, 0.05) is 54.0 Å². The normalized spacial score (nSPS) is 18.2. The number of thiazole rings is 1. The van der Waals surface area contributed by atoms with Gasteiger partial charge in [0.05, 0.1) is 18.2 Å². The van der Waals surface area contributed by atoms with E-state index in [1.807, 2.05) is 31.4 Å². The third-order valence-electron chi connectivity index (χ3n) is 6.21. The van der Waals surface area contributed by atoms with Crippen molar-refractivity contribution < 1.29 is 9.59 Å². The van der Waals surface area contributed by atoms with E-state index in [1.165, 1.54) is 11.3 Å². The first-order chi connectivity index (χ1) is 16.5. The van der Waals surface area contributed by atoms with Gasteiger partial charge in [-0.3, -0.25) is 19.0 Å². The fourth-order valence-electron chi connectivity index (χ4n) is 4.30. The number of rotatable bonds is 5. The molecule has 1 aliphatic heterocycles. The number of carbonyl (C=O) groups excluding carboxylic acids is 2. The molecule has 2 amide bonds. The van der Waals surface area contributed by atoms with Gasteiger partial charge in [0.2, 0.25) is 11.7 Å². The van der Waals surface area contributed by atoms with Crippen LogP contribution in [-0.4, -0.2) is 53.6 Å². The number of aryl methyl sites for hydroxylation is 1. The highest BCUT2D eigenvalue weighted by Gasteiger charge is 2.36. The van der Waals surface area contributed by atoms with Gasteiger partial charge < -0.3 is 10.2 Å². The highest BCUT2D eigenvalue weighted by Crippen LogP contribution is 2.26. The van der Waals surface area contributed by atoms with Gasteiger partial charge in [-0.25, -0.2) is 15.0 Å². The molecule has 0 radical (unpaired) electrons. The Morgan fingerprint density at radius 1 is 1.24 bits per heavy atom. The zero-order valence-electron chi connectivity index (χ0n) is 19.0. The first kappa shape index (κ1) is 22.1. The SMILES string of the molecule is Cc1ccc(-c2csc(CNC(=O)[C@H]3CCCN(C(=O)c4cn5cccnc5n4)[C@H]3C)n2)cn1. The van der Waals surface area contributed by atoms with Crippen LogP contribution in [0.4, 0.5) is 0 Å². The summed E-state index contributed by atoms with van der Waals surface area (Å²) in [4.78, 5) is 45.4. The van der Waals surface area contributed by atoms with Crippen LogP contribution in [0.15, 0.2) is 48.4 Å². The van der Waals surface area contributed by atoms with Crippen molar-refractivity contribution in [3.63, 3.8) is 0 Å². The smallest absolute Gasteiger partial charge is 0.274 e. The Labute approximate surface area is 200 Å². The van der Waals surface area contributed by atoms with Crippen molar-refractivity contribution in [1.29, 1.82) is 0 Å². The number of pyridine rings is 1. The summed E-state index contributed by atoms with van der Waals surface area (Å²) < 4.78 is 1.72. The van der Waals surface area contributed by atoms with E-state index < -0.39 is 0 Å². The van der Waals surface area contributed by atoms with Gasteiger partial charge in [-0.2, -0.15) is 0 Å². The fourth-order valence-corrected chi connectivity index (χ4v) is 5.04. The second-order valence-electron chi connectivity index (χ2n) is 8.47. The molecule has 0 unspecified atom stereocenters. The lowest BCUT2D eigenvalue weighted by molar-refractivity contribution is -0.128. The van der Waals surface area contributed by atoms with E-state index in [9.17, 15) is 9.59 Å². The molecule has 0 aromatic carbocycles. The molecule has 0 aliphatic carbocycles. The van der Waals surface area contributed by atoms with E-state index >= 15 is 0 Å². The van der Waals surface area contributed by atoms with Crippen LogP contribution in [0.25, 0.3) is 17.0 Å². The van der Waals surface area contributed by atoms with Crippen LogP contribution in [0.5, 0.6) is 0 Å². The molecule has 1 N–H and O–H groups in total. The number of nitrogens with zero attached hydrogens (tertiary/aromatic N) is 6. The molecular weight excluding hydrogens is 450 g/mol. The van der Waals surface area contributed by atoms with Gasteiger partial charge in [-0.15, -0.1) is 11.3 Å². The standard InChI is InChI=1S/C24H25N7O2S/c1-15-6-7-17(11-26-15)20-14-34-21(28-20)12-27-22(32)18-5-3-10-31(16(18)2)23(33)19-13-30-9-4-8-25-24(30)29-19/h4,6-9,11,13-14,16,18H,3,5,10,12H2,1-2H3,(H,27,32)/t16-,18-/m0/s1.